The van der Waals surface area contributed by atoms with Crippen molar-refractivity contribution in [3.8, 4) is 11.4 Å². The van der Waals surface area contributed by atoms with Crippen LogP contribution in [0.3, 0.4) is 0 Å². The Morgan fingerprint density at radius 2 is 1.73 bits per heavy atom. The van der Waals surface area contributed by atoms with Gasteiger partial charge in [0.05, 0.1) is 11.8 Å². The van der Waals surface area contributed by atoms with Crippen LogP contribution in [0.1, 0.15) is 44.9 Å². The van der Waals surface area contributed by atoms with Gasteiger partial charge in [-0.05, 0) is 37.3 Å². The van der Waals surface area contributed by atoms with E-state index in [1.807, 2.05) is 41.8 Å². The molecule has 0 aliphatic heterocycles. The molecule has 0 saturated carbocycles. The van der Waals surface area contributed by atoms with E-state index in [0.717, 1.165) is 35.1 Å². The predicted molar refractivity (Wildman–Crippen MR) is 123 cm³/mol. The largest absolute Gasteiger partial charge is 0.349 e. The minimum atomic E-state index is -0.0323. The third-order valence-corrected chi connectivity index (χ3v) is 5.87. The molecule has 6 heteroatoms. The van der Waals surface area contributed by atoms with Gasteiger partial charge in [-0.25, -0.2) is 0 Å². The highest BCUT2D eigenvalue weighted by molar-refractivity contribution is 7.99. The number of carbonyl (C=O) groups is 1. The number of nitrogens with zero attached hydrogens (tertiary/aromatic N) is 3. The van der Waals surface area contributed by atoms with Crippen LogP contribution >= 0.6 is 11.8 Å². The quantitative estimate of drug-likeness (QED) is 0.486. The molecule has 0 fully saturated rings. The van der Waals surface area contributed by atoms with Crippen LogP contribution in [0.25, 0.3) is 11.4 Å². The molecule has 1 heterocycles. The zero-order chi connectivity index (χ0) is 21.5. The maximum atomic E-state index is 12.5. The molecule has 3 rings (SSSR count). The van der Waals surface area contributed by atoms with Gasteiger partial charge in [-0.1, -0.05) is 80.2 Å². The lowest BCUT2D eigenvalue weighted by atomic mass is 10.00. The number of nitrogens with one attached hydrogen (secondary N) is 1. The average molecular weight is 423 g/mol. The summed E-state index contributed by atoms with van der Waals surface area (Å²) < 4.78 is 2.05. The van der Waals surface area contributed by atoms with Crippen molar-refractivity contribution < 1.29 is 4.79 Å². The second-order valence-electron chi connectivity index (χ2n) is 7.83. The van der Waals surface area contributed by atoms with E-state index in [2.05, 4.69) is 60.6 Å². The van der Waals surface area contributed by atoms with E-state index in [9.17, 15) is 4.79 Å². The first-order valence-corrected chi connectivity index (χ1v) is 11.5. The van der Waals surface area contributed by atoms with Crippen molar-refractivity contribution in [3.63, 3.8) is 0 Å². The molecule has 1 atom stereocenters. The van der Waals surface area contributed by atoms with E-state index in [4.69, 9.17) is 0 Å². The molecule has 0 saturated heterocycles. The van der Waals surface area contributed by atoms with E-state index in [-0.39, 0.29) is 11.9 Å². The summed E-state index contributed by atoms with van der Waals surface area (Å²) in [7, 11) is 0. The lowest BCUT2D eigenvalue weighted by Crippen LogP contribution is -2.28. The van der Waals surface area contributed by atoms with Crippen LogP contribution in [-0.2, 0) is 17.8 Å². The third-order valence-electron chi connectivity index (χ3n) is 4.90. The van der Waals surface area contributed by atoms with Crippen molar-refractivity contribution >= 4 is 17.7 Å². The summed E-state index contributed by atoms with van der Waals surface area (Å²) in [6.45, 7) is 9.26. The molecule has 5 nitrogen and oxygen atoms in total. The van der Waals surface area contributed by atoms with Crippen LogP contribution in [-0.4, -0.2) is 26.4 Å². The third kappa shape index (κ3) is 5.72. The number of rotatable bonds is 9. The van der Waals surface area contributed by atoms with Gasteiger partial charge in [0.15, 0.2) is 11.0 Å². The van der Waals surface area contributed by atoms with E-state index >= 15 is 0 Å². The lowest BCUT2D eigenvalue weighted by molar-refractivity contribution is -0.119. The number of amides is 1. The lowest BCUT2D eigenvalue weighted by Gasteiger charge is -2.15. The van der Waals surface area contributed by atoms with Gasteiger partial charge in [-0.2, -0.15) is 0 Å². The maximum Gasteiger partial charge on any atom is 0.230 e. The summed E-state index contributed by atoms with van der Waals surface area (Å²) in [4.78, 5) is 12.5. The van der Waals surface area contributed by atoms with Crippen molar-refractivity contribution in [1.82, 2.24) is 20.1 Å². The predicted octanol–water partition coefficient (Wildman–Crippen LogP) is 5.13. The normalized spacial score (nSPS) is 12.2. The standard InChI is InChI=1S/C24H30N4OS/c1-5-28-23(21-9-7-6-8-10-21)26-27-24(28)30-16-22(29)25-18(4)20-13-11-19(12-14-20)15-17(2)3/h6-14,17-18H,5,15-16H2,1-4H3,(H,25,29)/t18-/m1/s1. The number of benzene rings is 2. The monoisotopic (exact) mass is 422 g/mol. The average Bonchev–Trinajstić information content (AvgIpc) is 3.16. The molecule has 158 valence electrons. The number of aromatic nitrogens is 3. The summed E-state index contributed by atoms with van der Waals surface area (Å²) >= 11 is 1.42. The second-order valence-corrected chi connectivity index (χ2v) is 8.78. The van der Waals surface area contributed by atoms with Crippen LogP contribution in [0.4, 0.5) is 0 Å². The smallest absolute Gasteiger partial charge is 0.230 e. The Labute approximate surface area is 183 Å². The highest BCUT2D eigenvalue weighted by Gasteiger charge is 2.15. The van der Waals surface area contributed by atoms with Crippen molar-refractivity contribution in [2.75, 3.05) is 5.75 Å². The number of carbonyl (C=O) groups excluding carboxylic acids is 1. The topological polar surface area (TPSA) is 59.8 Å². The van der Waals surface area contributed by atoms with Crippen LogP contribution in [0.2, 0.25) is 0 Å². The minimum absolute atomic E-state index is 0.00864. The van der Waals surface area contributed by atoms with Gasteiger partial charge in [0.25, 0.3) is 0 Å². The van der Waals surface area contributed by atoms with Crippen LogP contribution < -0.4 is 5.32 Å². The second kappa shape index (κ2) is 10.4. The first-order chi connectivity index (χ1) is 14.5. The number of hydrogen-bond donors (Lipinski definition) is 1. The molecule has 30 heavy (non-hydrogen) atoms. The van der Waals surface area contributed by atoms with E-state index in [1.165, 1.54) is 17.3 Å². The van der Waals surface area contributed by atoms with Crippen LogP contribution in [0.15, 0.2) is 59.8 Å². The fourth-order valence-electron chi connectivity index (χ4n) is 3.39. The molecule has 1 aromatic heterocycles. The van der Waals surface area contributed by atoms with Gasteiger partial charge in [-0.3, -0.25) is 4.79 Å². The molecular weight excluding hydrogens is 392 g/mol. The fraction of sp³-hybridized carbons (Fsp3) is 0.375. The van der Waals surface area contributed by atoms with E-state index in [1.54, 1.807) is 0 Å². The van der Waals surface area contributed by atoms with E-state index < -0.39 is 0 Å². The number of hydrogen-bond acceptors (Lipinski definition) is 4. The van der Waals surface area contributed by atoms with Crippen molar-refractivity contribution in [3.05, 3.63) is 65.7 Å². The molecule has 0 aliphatic rings. The summed E-state index contributed by atoms with van der Waals surface area (Å²) in [6.07, 6.45) is 1.07. The first kappa shape index (κ1) is 22.1. The van der Waals surface area contributed by atoms with Crippen LogP contribution in [0, 0.1) is 5.92 Å². The SMILES string of the molecule is CCn1c(SCC(=O)N[C@H](C)c2ccc(CC(C)C)cc2)nnc1-c1ccccc1. The summed E-state index contributed by atoms with van der Waals surface area (Å²) in [5.41, 5.74) is 3.47. The van der Waals surface area contributed by atoms with Gasteiger partial charge < -0.3 is 9.88 Å². The molecule has 0 bridgehead atoms. The van der Waals surface area contributed by atoms with Crippen molar-refractivity contribution in [1.29, 1.82) is 0 Å². The Kier molecular flexibility index (Phi) is 7.69. The van der Waals surface area contributed by atoms with Gasteiger partial charge >= 0.3 is 0 Å². The molecule has 0 unspecified atom stereocenters. The first-order valence-electron chi connectivity index (χ1n) is 10.5. The van der Waals surface area contributed by atoms with Gasteiger partial charge in [-0.15, -0.1) is 10.2 Å². The highest BCUT2D eigenvalue weighted by Crippen LogP contribution is 2.24. The Morgan fingerprint density at radius 3 is 2.37 bits per heavy atom. The molecule has 0 aliphatic carbocycles. The molecule has 1 N–H and O–H groups in total. The zero-order valence-electron chi connectivity index (χ0n) is 18.1. The van der Waals surface area contributed by atoms with Gasteiger partial charge in [0.2, 0.25) is 5.91 Å². The Hall–Kier alpha value is -2.60. The zero-order valence-corrected chi connectivity index (χ0v) is 18.9. The minimum Gasteiger partial charge on any atom is -0.349 e. The molecular formula is C24H30N4OS. The molecule has 1 amide bonds. The summed E-state index contributed by atoms with van der Waals surface area (Å²) in [5, 5.41) is 12.5. The van der Waals surface area contributed by atoms with Gasteiger partial charge in [0, 0.05) is 12.1 Å². The maximum absolute atomic E-state index is 12.5. The Balaban J connectivity index is 1.57. The Morgan fingerprint density at radius 1 is 1.03 bits per heavy atom. The molecule has 2 aromatic carbocycles. The van der Waals surface area contributed by atoms with Crippen LogP contribution in [0.5, 0.6) is 0 Å². The molecule has 0 spiro atoms. The Bertz CT molecular complexity index is 951. The van der Waals surface area contributed by atoms with E-state index in [0.29, 0.717) is 11.7 Å². The van der Waals surface area contributed by atoms with Gasteiger partial charge in [0.1, 0.15) is 0 Å². The summed E-state index contributed by atoms with van der Waals surface area (Å²) in [5.74, 6) is 1.77. The summed E-state index contributed by atoms with van der Waals surface area (Å²) in [6, 6.07) is 18.5. The molecule has 0 radical (unpaired) electrons. The van der Waals surface area contributed by atoms with Crippen molar-refractivity contribution in [2.24, 2.45) is 5.92 Å². The molecule has 3 aromatic rings. The van der Waals surface area contributed by atoms with Crippen molar-refractivity contribution in [2.45, 2.75) is 51.9 Å². The highest BCUT2D eigenvalue weighted by atomic mass is 32.2. The fourth-order valence-corrected chi connectivity index (χ4v) is 4.21. The number of thioether (sulfide) groups is 1.